The van der Waals surface area contributed by atoms with E-state index >= 15 is 0 Å². The SMILES string of the molecule is CC(C)(C)OC(=O)/C=C/C(=C/c1ccccc1)c1c(Cl)cccc1C=O. The first-order valence-corrected chi connectivity index (χ1v) is 8.60. The molecule has 0 aliphatic heterocycles. The van der Waals surface area contributed by atoms with Crippen molar-refractivity contribution in [3.8, 4) is 0 Å². The third-order valence-corrected chi connectivity index (χ3v) is 3.70. The van der Waals surface area contributed by atoms with Crippen molar-refractivity contribution in [1.29, 1.82) is 0 Å². The Hall–Kier alpha value is -2.65. The lowest BCUT2D eigenvalue weighted by Gasteiger charge is -2.18. The molecule has 26 heavy (non-hydrogen) atoms. The van der Waals surface area contributed by atoms with Crippen LogP contribution in [0.5, 0.6) is 0 Å². The maximum Gasteiger partial charge on any atom is 0.331 e. The van der Waals surface area contributed by atoms with Crippen molar-refractivity contribution in [3.63, 3.8) is 0 Å². The maximum atomic E-state index is 12.0. The molecule has 0 saturated carbocycles. The Morgan fingerprint density at radius 1 is 1.00 bits per heavy atom. The van der Waals surface area contributed by atoms with E-state index in [1.54, 1.807) is 45.0 Å². The van der Waals surface area contributed by atoms with Crippen molar-refractivity contribution in [2.24, 2.45) is 0 Å². The van der Waals surface area contributed by atoms with Crippen LogP contribution in [0.25, 0.3) is 11.6 Å². The molecule has 0 aliphatic carbocycles. The van der Waals surface area contributed by atoms with Crippen LogP contribution in [0.2, 0.25) is 5.02 Å². The van der Waals surface area contributed by atoms with Gasteiger partial charge in [0, 0.05) is 22.2 Å². The van der Waals surface area contributed by atoms with E-state index < -0.39 is 11.6 Å². The summed E-state index contributed by atoms with van der Waals surface area (Å²) in [6.07, 6.45) is 5.59. The van der Waals surface area contributed by atoms with Gasteiger partial charge in [0.1, 0.15) is 5.60 Å². The molecule has 0 fully saturated rings. The van der Waals surface area contributed by atoms with Crippen LogP contribution in [0.4, 0.5) is 0 Å². The van der Waals surface area contributed by atoms with Gasteiger partial charge in [-0.15, -0.1) is 0 Å². The number of hydrogen-bond donors (Lipinski definition) is 0. The van der Waals surface area contributed by atoms with E-state index in [-0.39, 0.29) is 0 Å². The van der Waals surface area contributed by atoms with E-state index in [4.69, 9.17) is 16.3 Å². The molecule has 3 nitrogen and oxygen atoms in total. The van der Waals surface area contributed by atoms with Crippen LogP contribution in [0.3, 0.4) is 0 Å². The molecular weight excluding hydrogens is 348 g/mol. The summed E-state index contributed by atoms with van der Waals surface area (Å²) in [5.41, 5.74) is 2.02. The van der Waals surface area contributed by atoms with Gasteiger partial charge in [-0.1, -0.05) is 54.1 Å². The van der Waals surface area contributed by atoms with Crippen LogP contribution >= 0.6 is 11.6 Å². The fourth-order valence-corrected chi connectivity index (χ4v) is 2.66. The predicted octanol–water partition coefficient (Wildman–Crippen LogP) is 5.59. The standard InChI is InChI=1S/C22H21ClO3/c1-22(2,3)26-20(25)13-12-17(14-16-8-5-4-6-9-16)21-18(15-24)10-7-11-19(21)23/h4-15H,1-3H3/b13-12+,17-14-. The topological polar surface area (TPSA) is 43.4 Å². The quantitative estimate of drug-likeness (QED) is 0.227. The molecule has 0 amide bonds. The lowest BCUT2D eigenvalue weighted by Crippen LogP contribution is -2.22. The fraction of sp³-hybridized carbons (Fsp3) is 0.182. The van der Waals surface area contributed by atoms with Crippen molar-refractivity contribution in [3.05, 3.63) is 82.4 Å². The Kier molecular flexibility index (Phi) is 6.53. The molecule has 0 aliphatic rings. The Bertz CT molecular complexity index is 843. The number of hydrogen-bond acceptors (Lipinski definition) is 3. The van der Waals surface area contributed by atoms with Crippen LogP contribution < -0.4 is 0 Å². The summed E-state index contributed by atoms with van der Waals surface area (Å²) in [6.45, 7) is 5.41. The minimum atomic E-state index is -0.580. The van der Waals surface area contributed by atoms with Gasteiger partial charge < -0.3 is 4.74 Å². The van der Waals surface area contributed by atoms with E-state index in [2.05, 4.69) is 0 Å². The molecule has 4 heteroatoms. The Balaban J connectivity index is 2.50. The van der Waals surface area contributed by atoms with Crippen LogP contribution in [-0.4, -0.2) is 17.9 Å². The van der Waals surface area contributed by atoms with Crippen molar-refractivity contribution in [1.82, 2.24) is 0 Å². The second kappa shape index (κ2) is 8.63. The number of aldehydes is 1. The smallest absolute Gasteiger partial charge is 0.331 e. The first-order valence-electron chi connectivity index (χ1n) is 8.22. The molecule has 0 N–H and O–H groups in total. The van der Waals surface area contributed by atoms with Gasteiger partial charge in [-0.05, 0) is 50.1 Å². The van der Waals surface area contributed by atoms with Gasteiger partial charge in [-0.3, -0.25) is 4.79 Å². The van der Waals surface area contributed by atoms with Gasteiger partial charge in [0.2, 0.25) is 0 Å². The van der Waals surface area contributed by atoms with Crippen LogP contribution in [0, 0.1) is 0 Å². The van der Waals surface area contributed by atoms with Gasteiger partial charge in [-0.2, -0.15) is 0 Å². The highest BCUT2D eigenvalue weighted by Gasteiger charge is 2.15. The predicted molar refractivity (Wildman–Crippen MR) is 106 cm³/mol. The van der Waals surface area contributed by atoms with Crippen LogP contribution in [-0.2, 0) is 9.53 Å². The number of carbonyl (C=O) groups is 2. The summed E-state index contributed by atoms with van der Waals surface area (Å²) in [7, 11) is 0. The highest BCUT2D eigenvalue weighted by molar-refractivity contribution is 6.33. The summed E-state index contributed by atoms with van der Waals surface area (Å²) in [6, 6.07) is 14.7. The number of esters is 1. The Morgan fingerprint density at radius 2 is 1.69 bits per heavy atom. The van der Waals surface area contributed by atoms with Crippen LogP contribution in [0.15, 0.2) is 60.7 Å². The summed E-state index contributed by atoms with van der Waals surface area (Å²) >= 11 is 6.34. The molecule has 0 bridgehead atoms. The number of rotatable bonds is 5. The third kappa shape index (κ3) is 5.71. The van der Waals surface area contributed by atoms with Crippen molar-refractivity contribution < 1.29 is 14.3 Å². The molecule has 0 radical (unpaired) electrons. The minimum absolute atomic E-state index is 0.436. The van der Waals surface area contributed by atoms with E-state index in [9.17, 15) is 9.59 Å². The van der Waals surface area contributed by atoms with Gasteiger partial charge in [-0.25, -0.2) is 4.79 Å². The molecule has 0 atom stereocenters. The molecule has 0 heterocycles. The zero-order chi connectivity index (χ0) is 19.2. The number of allylic oxidation sites excluding steroid dienone is 2. The highest BCUT2D eigenvalue weighted by atomic mass is 35.5. The number of ether oxygens (including phenoxy) is 1. The molecule has 0 aromatic heterocycles. The molecule has 0 saturated heterocycles. The molecule has 2 aromatic rings. The van der Waals surface area contributed by atoms with Crippen molar-refractivity contribution >= 4 is 35.5 Å². The molecule has 2 aromatic carbocycles. The van der Waals surface area contributed by atoms with E-state index in [0.29, 0.717) is 21.7 Å². The van der Waals surface area contributed by atoms with E-state index in [1.165, 1.54) is 6.08 Å². The van der Waals surface area contributed by atoms with E-state index in [0.717, 1.165) is 11.8 Å². The summed E-state index contributed by atoms with van der Waals surface area (Å²) in [5.74, 6) is -0.462. The third-order valence-electron chi connectivity index (χ3n) is 3.39. The molecule has 2 rings (SSSR count). The highest BCUT2D eigenvalue weighted by Crippen LogP contribution is 2.29. The Morgan fingerprint density at radius 3 is 2.31 bits per heavy atom. The maximum absolute atomic E-state index is 12.0. The first kappa shape index (κ1) is 19.7. The van der Waals surface area contributed by atoms with Crippen molar-refractivity contribution in [2.75, 3.05) is 0 Å². The number of halogens is 1. The minimum Gasteiger partial charge on any atom is -0.457 e. The van der Waals surface area contributed by atoms with Gasteiger partial charge in [0.05, 0.1) is 0 Å². The lowest BCUT2D eigenvalue weighted by molar-refractivity contribution is -0.148. The number of carbonyl (C=O) groups excluding carboxylic acids is 2. The van der Waals surface area contributed by atoms with E-state index in [1.807, 2.05) is 36.4 Å². The Labute approximate surface area is 158 Å². The number of benzene rings is 2. The van der Waals surface area contributed by atoms with Crippen LogP contribution in [0.1, 0.15) is 42.3 Å². The zero-order valence-corrected chi connectivity index (χ0v) is 15.8. The van der Waals surface area contributed by atoms with Gasteiger partial charge in [0.25, 0.3) is 0 Å². The average molecular weight is 369 g/mol. The summed E-state index contributed by atoms with van der Waals surface area (Å²) in [5, 5.41) is 0.436. The second-order valence-electron chi connectivity index (χ2n) is 6.70. The fourth-order valence-electron chi connectivity index (χ4n) is 2.37. The second-order valence-corrected chi connectivity index (χ2v) is 7.11. The largest absolute Gasteiger partial charge is 0.457 e. The summed E-state index contributed by atoms with van der Waals surface area (Å²) in [4.78, 5) is 23.5. The first-order chi connectivity index (χ1) is 12.3. The zero-order valence-electron chi connectivity index (χ0n) is 15.0. The molecule has 0 spiro atoms. The molecule has 0 unspecified atom stereocenters. The normalized spacial score (nSPS) is 12.2. The summed E-state index contributed by atoms with van der Waals surface area (Å²) < 4.78 is 5.31. The molecule has 134 valence electrons. The molecular formula is C22H21ClO3. The van der Waals surface area contributed by atoms with Crippen molar-refractivity contribution in [2.45, 2.75) is 26.4 Å². The van der Waals surface area contributed by atoms with Gasteiger partial charge >= 0.3 is 5.97 Å². The monoisotopic (exact) mass is 368 g/mol. The average Bonchev–Trinajstić information content (AvgIpc) is 2.58. The lowest BCUT2D eigenvalue weighted by atomic mass is 9.97. The van der Waals surface area contributed by atoms with Gasteiger partial charge in [0.15, 0.2) is 6.29 Å².